The van der Waals surface area contributed by atoms with Gasteiger partial charge in [0.25, 0.3) is 0 Å². The van der Waals surface area contributed by atoms with Gasteiger partial charge in [-0.05, 0) is 39.2 Å². The standard InChI is InChI=1S/C16H11BrF2N2/c17-13-10(6-7-12(18)14(13)19)15(20)11-5-1-3-9-4-2-8-21-16(9)11/h1-8,15H,20H2. The van der Waals surface area contributed by atoms with Crippen molar-refractivity contribution < 1.29 is 8.78 Å². The second-order valence-corrected chi connectivity index (χ2v) is 5.46. The van der Waals surface area contributed by atoms with Gasteiger partial charge in [0.05, 0.1) is 16.0 Å². The molecule has 0 aliphatic rings. The van der Waals surface area contributed by atoms with Crippen molar-refractivity contribution >= 4 is 26.8 Å². The summed E-state index contributed by atoms with van der Waals surface area (Å²) in [6, 6.07) is 11.4. The average Bonchev–Trinajstić information content (AvgIpc) is 2.51. The van der Waals surface area contributed by atoms with E-state index in [0.29, 0.717) is 5.56 Å². The fourth-order valence-corrected chi connectivity index (χ4v) is 2.90. The molecule has 1 aromatic heterocycles. The molecule has 0 bridgehead atoms. The van der Waals surface area contributed by atoms with E-state index in [1.165, 1.54) is 6.07 Å². The van der Waals surface area contributed by atoms with Crippen molar-refractivity contribution in [3.63, 3.8) is 0 Å². The summed E-state index contributed by atoms with van der Waals surface area (Å²) in [5.74, 6) is -1.84. The molecule has 0 saturated heterocycles. The van der Waals surface area contributed by atoms with E-state index in [1.54, 1.807) is 6.20 Å². The van der Waals surface area contributed by atoms with Crippen molar-refractivity contribution in [3.8, 4) is 0 Å². The smallest absolute Gasteiger partial charge is 0.173 e. The summed E-state index contributed by atoms with van der Waals surface area (Å²) in [7, 11) is 0. The van der Waals surface area contributed by atoms with Crippen molar-refractivity contribution in [1.82, 2.24) is 4.98 Å². The topological polar surface area (TPSA) is 38.9 Å². The fourth-order valence-electron chi connectivity index (χ4n) is 2.33. The molecule has 0 fully saturated rings. The molecule has 2 aromatic carbocycles. The molecule has 1 atom stereocenters. The van der Waals surface area contributed by atoms with Gasteiger partial charge in [0.2, 0.25) is 0 Å². The van der Waals surface area contributed by atoms with E-state index in [0.717, 1.165) is 22.5 Å². The third kappa shape index (κ3) is 2.43. The second kappa shape index (κ2) is 5.50. The summed E-state index contributed by atoms with van der Waals surface area (Å²) in [6.07, 6.45) is 1.68. The van der Waals surface area contributed by atoms with Gasteiger partial charge < -0.3 is 5.73 Å². The van der Waals surface area contributed by atoms with E-state index in [9.17, 15) is 8.78 Å². The quantitative estimate of drug-likeness (QED) is 0.700. The lowest BCUT2D eigenvalue weighted by Crippen LogP contribution is -2.14. The molecule has 2 N–H and O–H groups in total. The van der Waals surface area contributed by atoms with Crippen LogP contribution in [0.15, 0.2) is 53.1 Å². The Morgan fingerprint density at radius 2 is 1.76 bits per heavy atom. The highest BCUT2D eigenvalue weighted by atomic mass is 79.9. The lowest BCUT2D eigenvalue weighted by Gasteiger charge is -2.16. The number of hydrogen-bond acceptors (Lipinski definition) is 2. The molecular weight excluding hydrogens is 338 g/mol. The Morgan fingerprint density at radius 3 is 2.57 bits per heavy atom. The lowest BCUT2D eigenvalue weighted by molar-refractivity contribution is 0.501. The van der Waals surface area contributed by atoms with Crippen molar-refractivity contribution in [2.45, 2.75) is 6.04 Å². The first-order valence-corrected chi connectivity index (χ1v) is 7.11. The van der Waals surface area contributed by atoms with Crippen molar-refractivity contribution in [1.29, 1.82) is 0 Å². The minimum absolute atomic E-state index is 0.0444. The molecule has 0 saturated carbocycles. The second-order valence-electron chi connectivity index (χ2n) is 4.66. The number of halogens is 3. The van der Waals surface area contributed by atoms with E-state index >= 15 is 0 Å². The van der Waals surface area contributed by atoms with Crippen LogP contribution in [0.3, 0.4) is 0 Å². The number of pyridine rings is 1. The van der Waals surface area contributed by atoms with Gasteiger partial charge in [-0.25, -0.2) is 8.78 Å². The summed E-state index contributed by atoms with van der Waals surface area (Å²) >= 11 is 3.08. The predicted octanol–water partition coefficient (Wildman–Crippen LogP) is 4.32. The first-order chi connectivity index (χ1) is 10.1. The van der Waals surface area contributed by atoms with Crippen molar-refractivity contribution in [2.24, 2.45) is 5.73 Å². The van der Waals surface area contributed by atoms with Gasteiger partial charge in [0.1, 0.15) is 0 Å². The van der Waals surface area contributed by atoms with Gasteiger partial charge in [0, 0.05) is 11.6 Å². The van der Waals surface area contributed by atoms with Crippen LogP contribution in [-0.4, -0.2) is 4.98 Å². The van der Waals surface area contributed by atoms with Gasteiger partial charge in [-0.2, -0.15) is 0 Å². The van der Waals surface area contributed by atoms with E-state index in [-0.39, 0.29) is 4.47 Å². The highest BCUT2D eigenvalue weighted by Crippen LogP contribution is 2.32. The number of para-hydroxylation sites is 1. The molecule has 2 nitrogen and oxygen atoms in total. The number of nitrogens with two attached hydrogens (primary N) is 1. The molecule has 0 aliphatic carbocycles. The summed E-state index contributed by atoms with van der Waals surface area (Å²) in [6.45, 7) is 0. The molecule has 0 radical (unpaired) electrons. The number of rotatable bonds is 2. The zero-order chi connectivity index (χ0) is 15.0. The van der Waals surface area contributed by atoms with Crippen LogP contribution in [0, 0.1) is 11.6 Å². The van der Waals surface area contributed by atoms with E-state index in [4.69, 9.17) is 5.73 Å². The molecular formula is C16H11BrF2N2. The summed E-state index contributed by atoms with van der Waals surface area (Å²) in [4.78, 5) is 4.33. The highest BCUT2D eigenvalue weighted by molar-refractivity contribution is 9.10. The van der Waals surface area contributed by atoms with Gasteiger partial charge in [-0.15, -0.1) is 0 Å². The number of hydrogen-bond donors (Lipinski definition) is 1. The maximum Gasteiger partial charge on any atom is 0.173 e. The minimum atomic E-state index is -0.934. The van der Waals surface area contributed by atoms with Gasteiger partial charge in [-0.3, -0.25) is 4.98 Å². The number of benzene rings is 2. The normalized spacial score (nSPS) is 12.6. The molecule has 3 aromatic rings. The summed E-state index contributed by atoms with van der Waals surface area (Å²) in [5, 5.41) is 0.948. The monoisotopic (exact) mass is 348 g/mol. The Bertz CT molecular complexity index is 815. The molecule has 106 valence electrons. The molecule has 3 rings (SSSR count). The van der Waals surface area contributed by atoms with Crippen LogP contribution >= 0.6 is 15.9 Å². The Kier molecular flexibility index (Phi) is 3.69. The van der Waals surface area contributed by atoms with Crippen LogP contribution in [0.4, 0.5) is 8.78 Å². The lowest BCUT2D eigenvalue weighted by atomic mass is 9.97. The van der Waals surface area contributed by atoms with Crippen LogP contribution < -0.4 is 5.73 Å². The molecule has 21 heavy (non-hydrogen) atoms. The fraction of sp³-hybridized carbons (Fsp3) is 0.0625. The van der Waals surface area contributed by atoms with E-state index in [1.807, 2.05) is 30.3 Å². The largest absolute Gasteiger partial charge is 0.320 e. The Hall–Kier alpha value is -1.85. The molecule has 0 aliphatic heterocycles. The van der Waals surface area contributed by atoms with Crippen LogP contribution in [0.2, 0.25) is 0 Å². The number of nitrogens with zero attached hydrogens (tertiary/aromatic N) is 1. The maximum absolute atomic E-state index is 13.7. The van der Waals surface area contributed by atoms with Crippen LogP contribution in [-0.2, 0) is 0 Å². The Morgan fingerprint density at radius 1 is 1.00 bits per heavy atom. The molecule has 0 amide bonds. The zero-order valence-corrected chi connectivity index (χ0v) is 12.4. The molecule has 0 spiro atoms. The highest BCUT2D eigenvalue weighted by Gasteiger charge is 2.19. The van der Waals surface area contributed by atoms with Crippen LogP contribution in [0.5, 0.6) is 0 Å². The van der Waals surface area contributed by atoms with Crippen molar-refractivity contribution in [3.05, 3.63) is 75.9 Å². The molecule has 5 heteroatoms. The zero-order valence-electron chi connectivity index (χ0n) is 10.9. The predicted molar refractivity (Wildman–Crippen MR) is 81.8 cm³/mol. The molecule has 1 unspecified atom stereocenters. The maximum atomic E-state index is 13.7. The third-order valence-corrected chi connectivity index (χ3v) is 4.21. The van der Waals surface area contributed by atoms with Gasteiger partial charge in [0.15, 0.2) is 11.6 Å². The van der Waals surface area contributed by atoms with Gasteiger partial charge in [-0.1, -0.05) is 30.3 Å². The average molecular weight is 349 g/mol. The first kappa shape index (κ1) is 14.1. The van der Waals surface area contributed by atoms with Crippen LogP contribution in [0.25, 0.3) is 10.9 Å². The Balaban J connectivity index is 2.17. The van der Waals surface area contributed by atoms with E-state index < -0.39 is 17.7 Å². The molecule has 1 heterocycles. The minimum Gasteiger partial charge on any atom is -0.320 e. The van der Waals surface area contributed by atoms with Crippen LogP contribution in [0.1, 0.15) is 17.2 Å². The first-order valence-electron chi connectivity index (χ1n) is 6.32. The van der Waals surface area contributed by atoms with Gasteiger partial charge >= 0.3 is 0 Å². The summed E-state index contributed by atoms with van der Waals surface area (Å²) in [5.41, 5.74) is 8.24. The SMILES string of the molecule is NC(c1ccc(F)c(F)c1Br)c1cccc2cccnc12. The Labute approximate surface area is 128 Å². The number of fused-ring (bicyclic) bond motifs is 1. The summed E-state index contributed by atoms with van der Waals surface area (Å²) < 4.78 is 27.0. The number of aromatic nitrogens is 1. The third-order valence-electron chi connectivity index (χ3n) is 3.40. The van der Waals surface area contributed by atoms with E-state index in [2.05, 4.69) is 20.9 Å². The van der Waals surface area contributed by atoms with Crippen molar-refractivity contribution in [2.75, 3.05) is 0 Å².